The summed E-state index contributed by atoms with van der Waals surface area (Å²) in [7, 11) is 1.44. The topological polar surface area (TPSA) is 101 Å². The van der Waals surface area contributed by atoms with Crippen LogP contribution in [0.1, 0.15) is 16.1 Å². The highest BCUT2D eigenvalue weighted by atomic mass is 32.1. The number of amides is 3. The number of nitrogens with one attached hydrogen (secondary N) is 2. The number of benzene rings is 2. The molecular formula is C22H19F3N4O4S. The minimum Gasteiger partial charge on any atom is -0.406 e. The van der Waals surface area contributed by atoms with Crippen LogP contribution in [0.5, 0.6) is 5.75 Å². The van der Waals surface area contributed by atoms with E-state index in [4.69, 9.17) is 0 Å². The van der Waals surface area contributed by atoms with Crippen LogP contribution in [-0.4, -0.2) is 47.6 Å². The van der Waals surface area contributed by atoms with Crippen molar-refractivity contribution in [2.75, 3.05) is 24.2 Å². The Labute approximate surface area is 196 Å². The Hall–Kier alpha value is -3.93. The van der Waals surface area contributed by atoms with E-state index in [1.54, 1.807) is 35.7 Å². The lowest BCUT2D eigenvalue weighted by Crippen LogP contribution is -2.35. The Balaban J connectivity index is 1.47. The van der Waals surface area contributed by atoms with Crippen molar-refractivity contribution < 1.29 is 32.3 Å². The number of carbonyl (C=O) groups excluding carboxylic acids is 3. The van der Waals surface area contributed by atoms with Crippen LogP contribution in [0.25, 0.3) is 0 Å². The van der Waals surface area contributed by atoms with Crippen molar-refractivity contribution in [1.29, 1.82) is 0 Å². The van der Waals surface area contributed by atoms with Crippen LogP contribution in [0.3, 0.4) is 0 Å². The lowest BCUT2D eigenvalue weighted by Gasteiger charge is -2.16. The van der Waals surface area contributed by atoms with Crippen LogP contribution in [0.2, 0.25) is 0 Å². The number of hydrogen-bond acceptors (Lipinski definition) is 6. The minimum atomic E-state index is -4.81. The van der Waals surface area contributed by atoms with Gasteiger partial charge < -0.3 is 15.0 Å². The summed E-state index contributed by atoms with van der Waals surface area (Å²) in [5, 5.41) is 7.14. The van der Waals surface area contributed by atoms with Crippen LogP contribution in [0, 0.1) is 0 Å². The molecule has 34 heavy (non-hydrogen) atoms. The van der Waals surface area contributed by atoms with E-state index in [1.165, 1.54) is 35.4 Å². The Morgan fingerprint density at radius 3 is 2.35 bits per heavy atom. The van der Waals surface area contributed by atoms with Gasteiger partial charge in [0.15, 0.2) is 5.13 Å². The molecule has 0 saturated heterocycles. The first-order chi connectivity index (χ1) is 16.1. The molecule has 178 valence electrons. The monoisotopic (exact) mass is 492 g/mol. The molecule has 0 aliphatic heterocycles. The van der Waals surface area contributed by atoms with Crippen LogP contribution >= 0.6 is 11.3 Å². The van der Waals surface area contributed by atoms with E-state index in [0.29, 0.717) is 16.4 Å². The molecule has 0 saturated carbocycles. The number of rotatable bonds is 8. The number of anilines is 2. The third kappa shape index (κ3) is 7.59. The Bertz CT molecular complexity index is 1150. The zero-order valence-electron chi connectivity index (χ0n) is 17.8. The van der Waals surface area contributed by atoms with Crippen molar-refractivity contribution in [2.45, 2.75) is 12.8 Å². The maximum Gasteiger partial charge on any atom is 0.573 e. The SMILES string of the molecule is CN(CC(=O)Nc1ccc(OC(F)(F)F)cc1)C(=O)Cc1csc(NC(=O)c2ccccc2)n1. The van der Waals surface area contributed by atoms with Gasteiger partial charge in [-0.1, -0.05) is 18.2 Å². The van der Waals surface area contributed by atoms with Gasteiger partial charge in [-0.05, 0) is 36.4 Å². The maximum atomic E-state index is 12.4. The number of carbonyl (C=O) groups is 3. The van der Waals surface area contributed by atoms with Gasteiger partial charge in [-0.15, -0.1) is 24.5 Å². The summed E-state index contributed by atoms with van der Waals surface area (Å²) in [4.78, 5) is 42.2. The first-order valence-corrected chi connectivity index (χ1v) is 10.7. The molecule has 3 amide bonds. The lowest BCUT2D eigenvalue weighted by atomic mass is 10.2. The molecule has 0 atom stereocenters. The van der Waals surface area contributed by atoms with Gasteiger partial charge in [0.05, 0.1) is 18.7 Å². The van der Waals surface area contributed by atoms with E-state index in [0.717, 1.165) is 12.1 Å². The summed E-state index contributed by atoms with van der Waals surface area (Å²) in [6.45, 7) is -0.276. The highest BCUT2D eigenvalue weighted by Crippen LogP contribution is 2.24. The highest BCUT2D eigenvalue weighted by molar-refractivity contribution is 7.14. The summed E-state index contributed by atoms with van der Waals surface area (Å²) >= 11 is 1.17. The molecule has 0 fully saturated rings. The van der Waals surface area contributed by atoms with Crippen molar-refractivity contribution in [3.05, 3.63) is 71.2 Å². The first-order valence-electron chi connectivity index (χ1n) is 9.79. The average Bonchev–Trinajstić information content (AvgIpc) is 3.21. The smallest absolute Gasteiger partial charge is 0.406 e. The van der Waals surface area contributed by atoms with E-state index in [-0.39, 0.29) is 30.5 Å². The van der Waals surface area contributed by atoms with Gasteiger partial charge in [0.1, 0.15) is 5.75 Å². The van der Waals surface area contributed by atoms with Crippen molar-refractivity contribution in [1.82, 2.24) is 9.88 Å². The third-order valence-corrected chi connectivity index (χ3v) is 5.13. The van der Waals surface area contributed by atoms with Crippen molar-refractivity contribution >= 4 is 39.9 Å². The van der Waals surface area contributed by atoms with Crippen molar-refractivity contribution in [2.24, 2.45) is 0 Å². The molecule has 2 N–H and O–H groups in total. The molecule has 3 rings (SSSR count). The molecule has 0 unspecified atom stereocenters. The van der Waals surface area contributed by atoms with E-state index < -0.39 is 18.0 Å². The zero-order valence-corrected chi connectivity index (χ0v) is 18.6. The number of thiazole rings is 1. The van der Waals surface area contributed by atoms with Gasteiger partial charge in [-0.25, -0.2) is 4.98 Å². The molecule has 1 aromatic heterocycles. The van der Waals surface area contributed by atoms with Gasteiger partial charge in [0.25, 0.3) is 5.91 Å². The molecule has 3 aromatic rings. The number of likely N-dealkylation sites (N-methyl/N-ethyl adjacent to an activating group) is 1. The largest absolute Gasteiger partial charge is 0.573 e. The van der Waals surface area contributed by atoms with Crippen LogP contribution < -0.4 is 15.4 Å². The molecule has 8 nitrogen and oxygen atoms in total. The second-order valence-electron chi connectivity index (χ2n) is 7.01. The standard InChI is InChI=1S/C22H19F3N4O4S/c1-29(12-18(30)26-15-7-9-17(10-8-15)33-22(23,24)25)19(31)11-16-13-34-21(27-16)28-20(32)14-5-3-2-4-6-14/h2-10,13H,11-12H2,1H3,(H,26,30)(H,27,28,32). The molecule has 0 bridgehead atoms. The number of halogens is 3. The van der Waals surface area contributed by atoms with Gasteiger partial charge in [0, 0.05) is 23.7 Å². The van der Waals surface area contributed by atoms with Crippen molar-refractivity contribution in [3.63, 3.8) is 0 Å². The lowest BCUT2D eigenvalue weighted by molar-refractivity contribution is -0.274. The van der Waals surface area contributed by atoms with E-state index in [2.05, 4.69) is 20.4 Å². The fraction of sp³-hybridized carbons (Fsp3) is 0.182. The number of ether oxygens (including phenoxy) is 1. The number of nitrogens with zero attached hydrogens (tertiary/aromatic N) is 2. The Morgan fingerprint density at radius 1 is 1.03 bits per heavy atom. The molecule has 0 radical (unpaired) electrons. The normalized spacial score (nSPS) is 10.9. The van der Waals surface area contributed by atoms with Crippen LogP contribution in [0.4, 0.5) is 24.0 Å². The quantitative estimate of drug-likeness (QED) is 0.496. The number of hydrogen-bond donors (Lipinski definition) is 2. The van der Waals surface area contributed by atoms with Gasteiger partial charge in [0.2, 0.25) is 11.8 Å². The minimum absolute atomic E-state index is 0.0784. The van der Waals surface area contributed by atoms with Crippen LogP contribution in [-0.2, 0) is 16.0 Å². The molecular weight excluding hydrogens is 473 g/mol. The fourth-order valence-electron chi connectivity index (χ4n) is 2.74. The zero-order chi connectivity index (χ0) is 24.7. The first kappa shape index (κ1) is 24.7. The number of aromatic nitrogens is 1. The molecule has 1 heterocycles. The molecule has 0 aliphatic carbocycles. The molecule has 2 aromatic carbocycles. The van der Waals surface area contributed by atoms with E-state index in [9.17, 15) is 27.6 Å². The van der Waals surface area contributed by atoms with Gasteiger partial charge in [-0.3, -0.25) is 19.7 Å². The number of alkyl halides is 3. The summed E-state index contributed by atoms with van der Waals surface area (Å²) in [6, 6.07) is 13.2. The van der Waals surface area contributed by atoms with E-state index in [1.807, 2.05) is 0 Å². The second-order valence-corrected chi connectivity index (χ2v) is 7.87. The summed E-state index contributed by atoms with van der Waals surface area (Å²) in [5.41, 5.74) is 1.16. The van der Waals surface area contributed by atoms with Crippen molar-refractivity contribution in [3.8, 4) is 5.75 Å². The fourth-order valence-corrected chi connectivity index (χ4v) is 3.44. The predicted molar refractivity (Wildman–Crippen MR) is 120 cm³/mol. The molecule has 0 aliphatic rings. The Kier molecular flexibility index (Phi) is 7.84. The second kappa shape index (κ2) is 10.8. The van der Waals surface area contributed by atoms with Crippen LogP contribution in [0.15, 0.2) is 60.0 Å². The Morgan fingerprint density at radius 2 is 1.71 bits per heavy atom. The van der Waals surface area contributed by atoms with E-state index >= 15 is 0 Å². The van der Waals surface area contributed by atoms with Gasteiger partial charge in [-0.2, -0.15) is 0 Å². The van der Waals surface area contributed by atoms with Gasteiger partial charge >= 0.3 is 6.36 Å². The third-order valence-electron chi connectivity index (χ3n) is 4.32. The maximum absolute atomic E-state index is 12.4. The molecule has 0 spiro atoms. The highest BCUT2D eigenvalue weighted by Gasteiger charge is 2.31. The predicted octanol–water partition coefficient (Wildman–Crippen LogP) is 3.93. The summed E-state index contributed by atoms with van der Waals surface area (Å²) in [6.07, 6.45) is -4.88. The summed E-state index contributed by atoms with van der Waals surface area (Å²) < 4.78 is 40.4. The summed E-state index contributed by atoms with van der Waals surface area (Å²) in [5.74, 6) is -1.65. The average molecular weight is 492 g/mol. The molecule has 12 heteroatoms.